The summed E-state index contributed by atoms with van der Waals surface area (Å²) >= 11 is 0. The van der Waals surface area contributed by atoms with Gasteiger partial charge in [-0.15, -0.1) is 0 Å². The van der Waals surface area contributed by atoms with Crippen LogP contribution in [-0.4, -0.2) is 24.7 Å². The van der Waals surface area contributed by atoms with Crippen molar-refractivity contribution >= 4 is 16.9 Å². The van der Waals surface area contributed by atoms with Crippen LogP contribution in [0, 0.1) is 24.2 Å². The van der Waals surface area contributed by atoms with Crippen molar-refractivity contribution in [2.45, 2.75) is 39.5 Å². The van der Waals surface area contributed by atoms with Gasteiger partial charge in [0, 0.05) is 23.6 Å². The van der Waals surface area contributed by atoms with E-state index in [2.05, 4.69) is 11.1 Å². The van der Waals surface area contributed by atoms with Gasteiger partial charge >= 0.3 is 5.97 Å². The van der Waals surface area contributed by atoms with E-state index in [1.54, 1.807) is 7.11 Å². The highest BCUT2D eigenvalue weighted by Gasteiger charge is 2.25. The van der Waals surface area contributed by atoms with Crippen molar-refractivity contribution in [1.82, 2.24) is 4.98 Å². The van der Waals surface area contributed by atoms with Crippen LogP contribution in [0.5, 0.6) is 5.75 Å². The third kappa shape index (κ3) is 4.69. The number of carbonyl (C=O) groups is 1. The lowest BCUT2D eigenvalue weighted by atomic mass is 9.92. The lowest BCUT2D eigenvalue weighted by Crippen LogP contribution is -2.19. The second-order valence-electron chi connectivity index (χ2n) is 6.49. The van der Waals surface area contributed by atoms with Crippen LogP contribution in [0.3, 0.4) is 0 Å². The molecule has 0 saturated heterocycles. The van der Waals surface area contributed by atoms with Gasteiger partial charge in [-0.05, 0) is 43.0 Å². The van der Waals surface area contributed by atoms with Gasteiger partial charge in [0.05, 0.1) is 31.2 Å². The number of methoxy groups -OCH3 is 1. The highest BCUT2D eigenvalue weighted by atomic mass is 16.5. The minimum absolute atomic E-state index is 0.267. The molecule has 2 aromatic rings. The van der Waals surface area contributed by atoms with Crippen LogP contribution >= 0.6 is 0 Å². The molecule has 0 amide bonds. The van der Waals surface area contributed by atoms with E-state index in [-0.39, 0.29) is 11.9 Å². The number of nitrogens with zero attached hydrogens (tertiary/aromatic N) is 2. The molecular formula is C20H24N2O3. The summed E-state index contributed by atoms with van der Waals surface area (Å²) in [5, 5.41) is 9.86. The molecule has 0 aliphatic heterocycles. The summed E-state index contributed by atoms with van der Waals surface area (Å²) in [5.74, 6) is 0.243. The average molecular weight is 340 g/mol. The normalized spacial score (nSPS) is 12.0. The number of carbonyl (C=O) groups excluding carboxylic acids is 1. The number of pyridine rings is 1. The number of hydrogen-bond donors (Lipinski definition) is 0. The lowest BCUT2D eigenvalue weighted by Gasteiger charge is -2.18. The molecule has 1 unspecified atom stereocenters. The van der Waals surface area contributed by atoms with E-state index in [4.69, 9.17) is 14.7 Å². The van der Waals surface area contributed by atoms with E-state index in [1.807, 2.05) is 45.0 Å². The second kappa shape index (κ2) is 8.48. The Kier molecular flexibility index (Phi) is 6.35. The van der Waals surface area contributed by atoms with Crippen molar-refractivity contribution < 1.29 is 14.3 Å². The Balaban J connectivity index is 2.39. The van der Waals surface area contributed by atoms with Crippen molar-refractivity contribution in [3.63, 3.8) is 0 Å². The fraction of sp³-hybridized carbons (Fsp3) is 0.450. The highest BCUT2D eigenvalue weighted by molar-refractivity contribution is 5.84. The van der Waals surface area contributed by atoms with Crippen LogP contribution in [0.1, 0.15) is 43.9 Å². The van der Waals surface area contributed by atoms with E-state index in [1.165, 1.54) is 0 Å². The van der Waals surface area contributed by atoms with Crippen molar-refractivity contribution in [3.8, 4) is 11.8 Å². The number of hydrogen-bond acceptors (Lipinski definition) is 5. The van der Waals surface area contributed by atoms with Crippen LogP contribution < -0.4 is 4.74 Å². The van der Waals surface area contributed by atoms with Gasteiger partial charge < -0.3 is 9.47 Å². The maximum Gasteiger partial charge on any atom is 0.313 e. The van der Waals surface area contributed by atoms with Crippen molar-refractivity contribution in [2.75, 3.05) is 13.7 Å². The van der Waals surface area contributed by atoms with E-state index < -0.39 is 5.92 Å². The molecule has 0 bridgehead atoms. The van der Waals surface area contributed by atoms with Crippen LogP contribution in [0.4, 0.5) is 0 Å². The van der Waals surface area contributed by atoms with Crippen LogP contribution in [0.25, 0.3) is 10.9 Å². The second-order valence-corrected chi connectivity index (χ2v) is 6.49. The molecule has 0 aliphatic rings. The Bertz CT molecular complexity index is 793. The van der Waals surface area contributed by atoms with Crippen LogP contribution in [0.2, 0.25) is 0 Å². The van der Waals surface area contributed by atoms with Crippen molar-refractivity contribution in [2.24, 2.45) is 5.92 Å². The zero-order valence-electron chi connectivity index (χ0n) is 15.2. The summed E-state index contributed by atoms with van der Waals surface area (Å²) in [5.41, 5.74) is 2.40. The summed E-state index contributed by atoms with van der Waals surface area (Å²) in [6.07, 6.45) is 0.721. The van der Waals surface area contributed by atoms with Gasteiger partial charge in [0.25, 0.3) is 0 Å². The smallest absolute Gasteiger partial charge is 0.313 e. The zero-order chi connectivity index (χ0) is 18.4. The largest absolute Gasteiger partial charge is 0.497 e. The predicted octanol–water partition coefficient (Wildman–Crippen LogP) is 4.14. The molecule has 5 heteroatoms. The number of esters is 1. The quantitative estimate of drug-likeness (QED) is 0.708. The first kappa shape index (κ1) is 18.7. The first-order valence-electron chi connectivity index (χ1n) is 8.45. The maximum absolute atomic E-state index is 12.6. The van der Waals surface area contributed by atoms with Gasteiger partial charge in [0.2, 0.25) is 0 Å². The molecule has 1 atom stereocenters. The predicted molar refractivity (Wildman–Crippen MR) is 96.4 cm³/mol. The highest BCUT2D eigenvalue weighted by Crippen LogP contribution is 2.29. The number of fused-ring (bicyclic) bond motifs is 1. The first-order chi connectivity index (χ1) is 12.0. The molecule has 1 aromatic heterocycles. The Hall–Kier alpha value is -2.61. The number of aryl methyl sites for hydroxylation is 1. The van der Waals surface area contributed by atoms with Gasteiger partial charge in [-0.2, -0.15) is 5.26 Å². The molecule has 1 heterocycles. The molecule has 0 aliphatic carbocycles. The Labute approximate surface area is 148 Å². The number of ether oxygens (including phenoxy) is 2. The Morgan fingerprint density at radius 2 is 2.08 bits per heavy atom. The van der Waals surface area contributed by atoms with E-state index in [9.17, 15) is 4.79 Å². The van der Waals surface area contributed by atoms with Gasteiger partial charge in [0.15, 0.2) is 0 Å². The molecule has 1 aromatic carbocycles. The molecule has 2 rings (SSSR count). The molecule has 25 heavy (non-hydrogen) atoms. The van der Waals surface area contributed by atoms with E-state index >= 15 is 0 Å². The molecule has 5 nitrogen and oxygen atoms in total. The van der Waals surface area contributed by atoms with Crippen LogP contribution in [0.15, 0.2) is 24.3 Å². The number of nitriles is 1. The fourth-order valence-electron chi connectivity index (χ4n) is 2.70. The molecule has 0 spiro atoms. The minimum Gasteiger partial charge on any atom is -0.497 e. The Morgan fingerprint density at radius 1 is 1.32 bits per heavy atom. The topological polar surface area (TPSA) is 72.2 Å². The molecule has 0 fully saturated rings. The van der Waals surface area contributed by atoms with Gasteiger partial charge in [0.1, 0.15) is 5.75 Å². The molecule has 132 valence electrons. The summed E-state index contributed by atoms with van der Waals surface area (Å²) < 4.78 is 10.7. The fourth-order valence-corrected chi connectivity index (χ4v) is 2.70. The number of rotatable bonds is 7. The first-order valence-corrected chi connectivity index (χ1v) is 8.45. The van der Waals surface area contributed by atoms with Crippen molar-refractivity contribution in [1.29, 1.82) is 5.26 Å². The Morgan fingerprint density at radius 3 is 2.72 bits per heavy atom. The molecule has 0 N–H and O–H groups in total. The van der Waals surface area contributed by atoms with E-state index in [0.717, 1.165) is 27.9 Å². The summed E-state index contributed by atoms with van der Waals surface area (Å²) in [6, 6.07) is 9.74. The monoisotopic (exact) mass is 340 g/mol. The summed E-state index contributed by atoms with van der Waals surface area (Å²) in [4.78, 5) is 17.2. The van der Waals surface area contributed by atoms with Gasteiger partial charge in [-0.3, -0.25) is 9.78 Å². The third-order valence-electron chi connectivity index (χ3n) is 4.02. The summed E-state index contributed by atoms with van der Waals surface area (Å²) in [6.45, 7) is 6.24. The van der Waals surface area contributed by atoms with Gasteiger partial charge in [-0.1, -0.05) is 13.8 Å². The summed E-state index contributed by atoms with van der Waals surface area (Å²) in [7, 11) is 1.62. The number of aromatic nitrogens is 1. The molecule has 0 saturated carbocycles. The standard InChI is InChI=1S/C20H24N2O3/c1-13(2)12-25-20(23)17(6-5-9-21)18-10-15-7-8-16(24-4)11-19(15)22-14(18)3/h7-8,10-11,13,17H,5-6,12H2,1-4H3. The number of benzene rings is 1. The molecular weight excluding hydrogens is 316 g/mol. The zero-order valence-corrected chi connectivity index (χ0v) is 15.2. The average Bonchev–Trinajstić information content (AvgIpc) is 2.59. The maximum atomic E-state index is 12.6. The minimum atomic E-state index is -0.475. The van der Waals surface area contributed by atoms with Gasteiger partial charge in [-0.25, -0.2) is 0 Å². The van der Waals surface area contributed by atoms with Crippen molar-refractivity contribution in [3.05, 3.63) is 35.5 Å². The lowest BCUT2D eigenvalue weighted by molar-refractivity contribution is -0.146. The van der Waals surface area contributed by atoms with E-state index in [0.29, 0.717) is 19.4 Å². The van der Waals surface area contributed by atoms with Crippen LogP contribution in [-0.2, 0) is 9.53 Å². The third-order valence-corrected chi connectivity index (χ3v) is 4.02. The SMILES string of the molecule is COc1ccc2cc(C(CCC#N)C(=O)OCC(C)C)c(C)nc2c1. The molecule has 0 radical (unpaired) electrons.